The van der Waals surface area contributed by atoms with E-state index in [1.54, 1.807) is 52.8 Å². The topological polar surface area (TPSA) is 372 Å². The quantitative estimate of drug-likeness (QED) is 0.0101. The molecule has 106 heavy (non-hydrogen) atoms. The van der Waals surface area contributed by atoms with Crippen LogP contribution in [-0.2, 0) is 82.5 Å². The second-order valence-corrected chi connectivity index (χ2v) is 26.4. The molecule has 0 bridgehead atoms. The molecule has 0 radical (unpaired) electrons. The van der Waals surface area contributed by atoms with E-state index in [0.717, 1.165) is 56.9 Å². The molecule has 7 unspecified atom stereocenters. The number of carboxylic acid groups (broad SMARTS) is 4. The molecule has 0 aromatic heterocycles. The van der Waals surface area contributed by atoms with E-state index in [1.165, 1.54) is 11.1 Å². The van der Waals surface area contributed by atoms with Gasteiger partial charge >= 0.3 is 47.9 Å². The normalized spacial score (nSPS) is 12.2. The molecule has 25 nitrogen and oxygen atoms in total. The fourth-order valence-electron chi connectivity index (χ4n) is 6.69. The summed E-state index contributed by atoms with van der Waals surface area (Å²) in [4.78, 5) is 119. The van der Waals surface area contributed by atoms with E-state index in [9.17, 15) is 52.7 Å². The maximum absolute atomic E-state index is 11.7. The van der Waals surface area contributed by atoms with Gasteiger partial charge < -0.3 is 70.1 Å². The molecule has 0 aliphatic carbocycles. The van der Waals surface area contributed by atoms with Crippen molar-refractivity contribution in [3.05, 3.63) is 120 Å². The van der Waals surface area contributed by atoms with Gasteiger partial charge in [-0.15, -0.1) is 0 Å². The number of rotatable bonds is 39. The molecule has 0 aliphatic heterocycles. The Labute approximate surface area is 634 Å². The van der Waals surface area contributed by atoms with Crippen molar-refractivity contribution in [3.8, 4) is 0 Å². The van der Waals surface area contributed by atoms with Crippen molar-refractivity contribution in [2.75, 3.05) is 59.3 Å². The number of aliphatic carboxylic acids is 3. The average Bonchev–Trinajstić information content (AvgIpc) is 0.817. The Morgan fingerprint density at radius 1 is 0.491 bits per heavy atom. The summed E-state index contributed by atoms with van der Waals surface area (Å²) in [6, 6.07) is 15.5. The van der Waals surface area contributed by atoms with Gasteiger partial charge in [0.05, 0.1) is 67.8 Å². The number of amides is 4. The highest BCUT2D eigenvalue weighted by molar-refractivity contribution is 5.92. The molecule has 2 aromatic carbocycles. The lowest BCUT2D eigenvalue weighted by Gasteiger charge is -2.28. The van der Waals surface area contributed by atoms with Gasteiger partial charge in [-0.1, -0.05) is 173 Å². The summed E-state index contributed by atoms with van der Waals surface area (Å²) in [7, 11) is 0. The number of carbonyl (C=O) groups is 11. The Morgan fingerprint density at radius 3 is 1.35 bits per heavy atom. The molecule has 25 heteroatoms. The Kier molecular flexibility index (Phi) is 66.0. The fraction of sp³-hybridized carbons (Fsp3) is 0.617. The molecule has 4 amide bonds. The van der Waals surface area contributed by atoms with Gasteiger partial charge in [0.25, 0.3) is 0 Å². The van der Waals surface area contributed by atoms with Crippen molar-refractivity contribution >= 4 is 65.6 Å². The third kappa shape index (κ3) is 60.5. The van der Waals surface area contributed by atoms with Crippen LogP contribution < -0.4 is 21.3 Å². The predicted molar refractivity (Wildman–Crippen MR) is 417 cm³/mol. The Hall–Kier alpha value is -8.71. The van der Waals surface area contributed by atoms with Crippen LogP contribution in [0.4, 0.5) is 4.79 Å². The van der Waals surface area contributed by atoms with Crippen LogP contribution in [0.2, 0.25) is 0 Å². The molecule has 0 fully saturated rings. The Balaban J connectivity index is -0.000000274. The number of benzene rings is 2. The van der Waals surface area contributed by atoms with Gasteiger partial charge in [0.2, 0.25) is 17.7 Å². The molecule has 2 rings (SSSR count). The van der Waals surface area contributed by atoms with E-state index in [1.807, 2.05) is 88.3 Å². The van der Waals surface area contributed by atoms with Gasteiger partial charge in [0, 0.05) is 48.2 Å². The zero-order valence-electron chi connectivity index (χ0n) is 68.2. The van der Waals surface area contributed by atoms with Crippen molar-refractivity contribution < 1.29 is 102 Å². The minimum atomic E-state index is -0.889. The number of carboxylic acids is 4. The highest BCUT2D eigenvalue weighted by atomic mass is 16.6. The van der Waals surface area contributed by atoms with Crippen molar-refractivity contribution in [1.29, 1.82) is 0 Å². The highest BCUT2D eigenvalue weighted by Crippen LogP contribution is 2.29. The third-order valence-corrected chi connectivity index (χ3v) is 16.1. The van der Waals surface area contributed by atoms with E-state index in [-0.39, 0.29) is 117 Å². The SMILES string of the molecule is C=C(C)C(=O)NCCNC(=O)C(C)CC.C=C(C)C(=O)OC(C)CC.C=C(C)C(=O)OCCOC(=O)C(C)CC.C=CCOC(=O)NC(C)(C)c1ccc(C(C)(C)CC)cc1.CCC(C)C(=O)NCCC(=O)O.CCC(C)C(=O)O.CCC(C)OCCOCCC(=O)O.CCC(C)c1ccc(C(=O)O)cc1. The van der Waals surface area contributed by atoms with E-state index in [0.29, 0.717) is 54.5 Å². The van der Waals surface area contributed by atoms with Crippen LogP contribution in [0.15, 0.2) is 97.6 Å². The molecule has 606 valence electrons. The zero-order chi connectivity index (χ0) is 83.3. The van der Waals surface area contributed by atoms with Crippen LogP contribution in [0.25, 0.3) is 0 Å². The molecule has 0 heterocycles. The van der Waals surface area contributed by atoms with Gasteiger partial charge in [-0.2, -0.15) is 0 Å². The highest BCUT2D eigenvalue weighted by Gasteiger charge is 2.25. The standard InChI is InChI=1S/C18H27NO2.C11H20N2O2.C11H18O4.C11H14O2.C9H18O4.C8H15NO3.C8H14O2.C5H10O2/c1-7-13-21-16(20)19-18(5,6)15-11-9-14(10-12-15)17(3,4)8-2;1-5-9(4)11(15)13-7-6-12-10(14)8(2)3;1-5-9(4)11(13)15-7-6-14-10(12)8(2)3;1-3-8(2)9-4-6-10(7-5-9)11(12)13;1-3-8(2)13-7-6-12-5-4-9(10)11;1-3-6(2)8(12)9-5-4-7(10)11;1-5-7(4)10-8(9)6(2)3;1-3-4(2)5(6)7/h7,9-12H,1,8,13H2,2-6H3,(H,19,20);9H,2,5-7H2,1,3-4H3,(H,12,14)(H,13,15);9H,2,5-7H2,1,3-4H3;4-8H,3H2,1-2H3,(H,12,13);8H,3-7H2,1-2H3,(H,10,11);6H,3-5H2,1-2H3,(H,9,12)(H,10,11);7H,2,5H2,1,3-4H3;4H,3H2,1-2H3,(H,6,7). The minimum absolute atomic E-state index is 0.00389. The summed E-state index contributed by atoms with van der Waals surface area (Å²) in [6.45, 7) is 59.1. The number of carbonyl (C=O) groups excluding carboxylic acids is 7. The van der Waals surface area contributed by atoms with Gasteiger partial charge in [0.1, 0.15) is 19.8 Å². The summed E-state index contributed by atoms with van der Waals surface area (Å²) >= 11 is 0. The molecule has 8 N–H and O–H groups in total. The minimum Gasteiger partial charge on any atom is -0.481 e. The summed E-state index contributed by atoms with van der Waals surface area (Å²) in [5, 5.41) is 44.2. The van der Waals surface area contributed by atoms with E-state index in [2.05, 4.69) is 113 Å². The van der Waals surface area contributed by atoms with Crippen molar-refractivity contribution in [3.63, 3.8) is 0 Å². The summed E-state index contributed by atoms with van der Waals surface area (Å²) < 4.78 is 29.9. The number of alkyl carbamates (subject to hydrolysis) is 1. The lowest BCUT2D eigenvalue weighted by atomic mass is 9.81. The molecule has 0 saturated heterocycles. The number of esters is 3. The zero-order valence-corrected chi connectivity index (χ0v) is 68.2. The number of hydrogen-bond acceptors (Lipinski definition) is 17. The Morgan fingerprint density at radius 2 is 0.953 bits per heavy atom. The summed E-state index contributed by atoms with van der Waals surface area (Å²) in [5.41, 5.74) is 4.87. The first-order valence-electron chi connectivity index (χ1n) is 36.6. The Bertz CT molecular complexity index is 2840. The lowest BCUT2D eigenvalue weighted by molar-refractivity contribution is -0.153. The van der Waals surface area contributed by atoms with Crippen molar-refractivity contribution in [1.82, 2.24) is 21.3 Å². The fourth-order valence-corrected chi connectivity index (χ4v) is 6.69. The molecular weight excluding hydrogens is 1360 g/mol. The van der Waals surface area contributed by atoms with Crippen LogP contribution >= 0.6 is 0 Å². The number of hydrogen-bond donors (Lipinski definition) is 8. The first-order chi connectivity index (χ1) is 49.3. The number of aromatic carboxylic acids is 1. The average molecular weight is 1500 g/mol. The maximum atomic E-state index is 11.7. The van der Waals surface area contributed by atoms with Gasteiger partial charge in [-0.05, 0) is 140 Å². The smallest absolute Gasteiger partial charge is 0.408 e. The molecular formula is C81H136N4O21. The molecule has 7 atom stereocenters. The largest absolute Gasteiger partial charge is 0.481 e. The second-order valence-electron chi connectivity index (χ2n) is 26.4. The summed E-state index contributed by atoms with van der Waals surface area (Å²) in [5.74, 6) is -4.31. The molecule has 0 spiro atoms. The van der Waals surface area contributed by atoms with Crippen LogP contribution in [0.3, 0.4) is 0 Å². The first kappa shape index (κ1) is 108. The van der Waals surface area contributed by atoms with Gasteiger partial charge in [0.15, 0.2) is 0 Å². The first-order valence-corrected chi connectivity index (χ1v) is 36.6. The second kappa shape index (κ2) is 64.7. The molecule has 0 saturated carbocycles. The van der Waals surface area contributed by atoms with E-state index in [4.69, 9.17) is 48.8 Å². The van der Waals surface area contributed by atoms with Crippen LogP contribution in [0, 0.1) is 23.7 Å². The van der Waals surface area contributed by atoms with E-state index >= 15 is 0 Å². The molecule has 0 aliphatic rings. The molecule has 2 aromatic rings. The summed E-state index contributed by atoms with van der Waals surface area (Å²) in [6.07, 6.45) is 8.47. The van der Waals surface area contributed by atoms with E-state index < -0.39 is 41.5 Å². The third-order valence-electron chi connectivity index (χ3n) is 16.1. The van der Waals surface area contributed by atoms with Crippen LogP contribution in [0.5, 0.6) is 0 Å². The van der Waals surface area contributed by atoms with Gasteiger partial charge in [-0.3, -0.25) is 33.6 Å². The lowest BCUT2D eigenvalue weighted by Crippen LogP contribution is -2.41. The van der Waals surface area contributed by atoms with Crippen molar-refractivity contribution in [2.45, 2.75) is 246 Å². The van der Waals surface area contributed by atoms with Crippen LogP contribution in [-0.4, -0.2) is 158 Å². The number of ether oxygens (including phenoxy) is 6. The predicted octanol–water partition coefficient (Wildman–Crippen LogP) is 14.9. The number of nitrogens with one attached hydrogen (secondary N) is 4. The van der Waals surface area contributed by atoms with Gasteiger partial charge in [-0.25, -0.2) is 19.2 Å². The maximum Gasteiger partial charge on any atom is 0.408 e. The van der Waals surface area contributed by atoms with Crippen molar-refractivity contribution in [2.24, 2.45) is 23.7 Å². The monoisotopic (exact) mass is 1500 g/mol. The van der Waals surface area contributed by atoms with Crippen LogP contribution in [0.1, 0.15) is 249 Å².